The van der Waals surface area contributed by atoms with Gasteiger partial charge in [0.1, 0.15) is 13.3 Å². The third-order valence-electron chi connectivity index (χ3n) is 1.32. The summed E-state index contributed by atoms with van der Waals surface area (Å²) in [5, 5.41) is 19.6. The van der Waals surface area contributed by atoms with E-state index in [-0.39, 0.29) is 13.3 Å². The van der Waals surface area contributed by atoms with Crippen molar-refractivity contribution >= 4 is 0 Å². The SMILES string of the molecule is O=[N+]([O-])N1CNCNCNC1. The van der Waals surface area contributed by atoms with Gasteiger partial charge in [0.2, 0.25) is 0 Å². The molecule has 0 aromatic heterocycles. The molecule has 1 heterocycles. The molecule has 1 saturated heterocycles. The van der Waals surface area contributed by atoms with Crippen molar-refractivity contribution in [3.8, 4) is 0 Å². The predicted molar refractivity (Wildman–Crippen MR) is 37.7 cm³/mol. The number of nitrogens with zero attached hydrogens (tertiary/aromatic N) is 2. The predicted octanol–water partition coefficient (Wildman–Crippen LogP) is -1.91. The van der Waals surface area contributed by atoms with E-state index in [1.54, 1.807) is 0 Å². The quantitative estimate of drug-likeness (QED) is 0.307. The number of rotatable bonds is 1. The molecule has 3 N–H and O–H groups in total. The van der Waals surface area contributed by atoms with Crippen LogP contribution in [0.15, 0.2) is 0 Å². The maximum Gasteiger partial charge on any atom is 0.162 e. The van der Waals surface area contributed by atoms with Crippen LogP contribution in [-0.2, 0) is 0 Å². The maximum absolute atomic E-state index is 10.3. The van der Waals surface area contributed by atoms with E-state index in [4.69, 9.17) is 0 Å². The zero-order valence-corrected chi connectivity index (χ0v) is 6.04. The Labute approximate surface area is 63.9 Å². The Balaban J connectivity index is 2.32. The standard InChI is InChI=1S/C4H11N5O2/c10-9(11)8-3-6-1-5-2-7-4-8/h5-7H,1-4H2. The normalized spacial score (nSPS) is 20.5. The summed E-state index contributed by atoms with van der Waals surface area (Å²) in [4.78, 5) is 10.3. The van der Waals surface area contributed by atoms with Crippen LogP contribution in [0.4, 0.5) is 0 Å². The van der Waals surface area contributed by atoms with Crippen LogP contribution in [0.5, 0.6) is 0 Å². The second-order valence-electron chi connectivity index (χ2n) is 2.16. The molecule has 1 fully saturated rings. The first-order valence-electron chi connectivity index (χ1n) is 3.32. The van der Waals surface area contributed by atoms with Crippen molar-refractivity contribution in [1.82, 2.24) is 21.0 Å². The van der Waals surface area contributed by atoms with E-state index in [0.717, 1.165) is 5.01 Å². The molecule has 7 heteroatoms. The summed E-state index contributed by atoms with van der Waals surface area (Å²) in [6.07, 6.45) is 0. The lowest BCUT2D eigenvalue weighted by Gasteiger charge is -2.19. The van der Waals surface area contributed by atoms with Crippen LogP contribution in [0.3, 0.4) is 0 Å². The van der Waals surface area contributed by atoms with Gasteiger partial charge in [-0.15, -0.1) is 5.01 Å². The van der Waals surface area contributed by atoms with Crippen molar-refractivity contribution in [2.24, 2.45) is 0 Å². The van der Waals surface area contributed by atoms with Crippen LogP contribution in [0, 0.1) is 10.1 Å². The Kier molecular flexibility index (Phi) is 3.02. The number of hydrogen-bond donors (Lipinski definition) is 3. The number of nitro groups is 1. The van der Waals surface area contributed by atoms with E-state index in [1.165, 1.54) is 0 Å². The maximum atomic E-state index is 10.3. The first-order valence-corrected chi connectivity index (χ1v) is 3.32. The summed E-state index contributed by atoms with van der Waals surface area (Å²) in [6.45, 7) is 1.68. The highest BCUT2D eigenvalue weighted by atomic mass is 16.7. The van der Waals surface area contributed by atoms with E-state index in [1.807, 2.05) is 0 Å². The van der Waals surface area contributed by atoms with Crippen molar-refractivity contribution in [1.29, 1.82) is 0 Å². The molecular formula is C4H11N5O2. The minimum atomic E-state index is -0.425. The third-order valence-corrected chi connectivity index (χ3v) is 1.32. The molecule has 0 aliphatic carbocycles. The van der Waals surface area contributed by atoms with Gasteiger partial charge in [0, 0.05) is 13.3 Å². The van der Waals surface area contributed by atoms with Crippen molar-refractivity contribution < 1.29 is 5.03 Å². The molecule has 1 aliphatic heterocycles. The van der Waals surface area contributed by atoms with Gasteiger partial charge in [0.05, 0.1) is 0 Å². The van der Waals surface area contributed by atoms with Crippen LogP contribution >= 0.6 is 0 Å². The lowest BCUT2D eigenvalue weighted by Crippen LogP contribution is -2.51. The summed E-state index contributed by atoms with van der Waals surface area (Å²) >= 11 is 0. The van der Waals surface area contributed by atoms with Gasteiger partial charge in [-0.1, -0.05) is 0 Å². The highest BCUT2D eigenvalue weighted by molar-refractivity contribution is 4.49. The molecular weight excluding hydrogens is 150 g/mol. The molecule has 64 valence electrons. The van der Waals surface area contributed by atoms with Crippen LogP contribution in [-0.4, -0.2) is 36.7 Å². The summed E-state index contributed by atoms with van der Waals surface area (Å²) in [5.41, 5.74) is 0. The summed E-state index contributed by atoms with van der Waals surface area (Å²) in [6, 6.07) is 0. The van der Waals surface area contributed by atoms with Crippen molar-refractivity contribution in [3.63, 3.8) is 0 Å². The fraction of sp³-hybridized carbons (Fsp3) is 1.00. The molecule has 0 amide bonds. The number of hydrogen-bond acceptors (Lipinski definition) is 5. The molecule has 0 atom stereocenters. The Hall–Kier alpha value is -0.920. The molecule has 1 aliphatic rings. The smallest absolute Gasteiger partial charge is 0.162 e. The van der Waals surface area contributed by atoms with E-state index >= 15 is 0 Å². The monoisotopic (exact) mass is 161 g/mol. The van der Waals surface area contributed by atoms with Gasteiger partial charge < -0.3 is 0 Å². The van der Waals surface area contributed by atoms with Crippen LogP contribution in [0.1, 0.15) is 0 Å². The van der Waals surface area contributed by atoms with Gasteiger partial charge in [0.25, 0.3) is 0 Å². The summed E-state index contributed by atoms with van der Waals surface area (Å²) in [5.74, 6) is 0. The fourth-order valence-corrected chi connectivity index (χ4v) is 0.781. The summed E-state index contributed by atoms with van der Waals surface area (Å²) in [7, 11) is 0. The van der Waals surface area contributed by atoms with Gasteiger partial charge >= 0.3 is 0 Å². The van der Waals surface area contributed by atoms with Crippen molar-refractivity contribution in [3.05, 3.63) is 10.1 Å². The minimum absolute atomic E-state index is 0.257. The first-order chi connectivity index (χ1) is 5.30. The zero-order chi connectivity index (χ0) is 8.10. The molecule has 0 unspecified atom stereocenters. The van der Waals surface area contributed by atoms with Gasteiger partial charge in [0.15, 0.2) is 5.03 Å². The topological polar surface area (TPSA) is 82.5 Å². The average molecular weight is 161 g/mol. The molecule has 1 rings (SSSR count). The lowest BCUT2D eigenvalue weighted by atomic mass is 10.7. The lowest BCUT2D eigenvalue weighted by molar-refractivity contribution is -0.658. The third kappa shape index (κ3) is 2.66. The Bertz CT molecular complexity index is 132. The van der Waals surface area contributed by atoms with E-state index < -0.39 is 5.03 Å². The molecule has 11 heavy (non-hydrogen) atoms. The minimum Gasteiger partial charge on any atom is -0.292 e. The highest BCUT2D eigenvalue weighted by Gasteiger charge is 2.13. The van der Waals surface area contributed by atoms with E-state index in [9.17, 15) is 10.1 Å². The largest absolute Gasteiger partial charge is 0.292 e. The number of hydrazine groups is 1. The Morgan fingerprint density at radius 3 is 2.18 bits per heavy atom. The highest BCUT2D eigenvalue weighted by Crippen LogP contribution is 1.83. The second-order valence-corrected chi connectivity index (χ2v) is 2.16. The average Bonchev–Trinajstić information content (AvgIpc) is 1.84. The molecule has 7 nitrogen and oxygen atoms in total. The van der Waals surface area contributed by atoms with Crippen LogP contribution < -0.4 is 16.0 Å². The molecule has 0 bridgehead atoms. The second kappa shape index (κ2) is 4.06. The van der Waals surface area contributed by atoms with Gasteiger partial charge in [-0.2, -0.15) is 0 Å². The van der Waals surface area contributed by atoms with Gasteiger partial charge in [-0.25, -0.2) is 10.1 Å². The van der Waals surface area contributed by atoms with E-state index in [2.05, 4.69) is 16.0 Å². The Morgan fingerprint density at radius 1 is 1.18 bits per heavy atom. The summed E-state index contributed by atoms with van der Waals surface area (Å²) < 4.78 is 0. The first kappa shape index (κ1) is 8.18. The van der Waals surface area contributed by atoms with Gasteiger partial charge in [-0.05, 0) is 0 Å². The molecule has 0 aromatic rings. The van der Waals surface area contributed by atoms with Crippen molar-refractivity contribution in [2.45, 2.75) is 0 Å². The molecule has 0 aromatic carbocycles. The Morgan fingerprint density at radius 2 is 1.73 bits per heavy atom. The van der Waals surface area contributed by atoms with Crippen molar-refractivity contribution in [2.75, 3.05) is 26.7 Å². The molecule has 0 spiro atoms. The fourth-order valence-electron chi connectivity index (χ4n) is 0.781. The van der Waals surface area contributed by atoms with Gasteiger partial charge in [-0.3, -0.25) is 16.0 Å². The zero-order valence-electron chi connectivity index (χ0n) is 6.04. The molecule has 0 saturated carbocycles. The number of nitrogens with one attached hydrogen (secondary N) is 3. The van der Waals surface area contributed by atoms with Crippen LogP contribution in [0.2, 0.25) is 0 Å². The van der Waals surface area contributed by atoms with E-state index in [0.29, 0.717) is 13.3 Å². The molecule has 0 radical (unpaired) electrons. The van der Waals surface area contributed by atoms with Crippen LogP contribution in [0.25, 0.3) is 0 Å².